The third-order valence-electron chi connectivity index (χ3n) is 1.72. The zero-order valence-electron chi connectivity index (χ0n) is 8.47. The van der Waals surface area contributed by atoms with Crippen LogP contribution in [0, 0.1) is 0 Å². The van der Waals surface area contributed by atoms with Crippen molar-refractivity contribution in [2.45, 2.75) is 13.5 Å². The Balaban J connectivity index is 3.09. The molecule has 1 rings (SSSR count). The van der Waals surface area contributed by atoms with E-state index < -0.39 is 11.5 Å². The monoisotopic (exact) mass is 208 g/mol. The van der Waals surface area contributed by atoms with E-state index in [1.165, 1.54) is 17.1 Å². The highest BCUT2D eigenvalue weighted by Gasteiger charge is 2.12. The van der Waals surface area contributed by atoms with Gasteiger partial charge in [-0.25, -0.2) is 9.78 Å². The van der Waals surface area contributed by atoms with E-state index in [9.17, 15) is 9.59 Å². The molecule has 5 heteroatoms. The zero-order chi connectivity index (χ0) is 11.3. The van der Waals surface area contributed by atoms with Crippen molar-refractivity contribution in [1.82, 2.24) is 9.55 Å². The molecule has 0 unspecified atom stereocenters. The van der Waals surface area contributed by atoms with Gasteiger partial charge >= 0.3 is 5.97 Å². The van der Waals surface area contributed by atoms with Gasteiger partial charge in [-0.15, -0.1) is 6.58 Å². The lowest BCUT2D eigenvalue weighted by Gasteiger charge is -2.04. The van der Waals surface area contributed by atoms with Crippen LogP contribution in [0.25, 0.3) is 0 Å². The molecule has 15 heavy (non-hydrogen) atoms. The van der Waals surface area contributed by atoms with Crippen LogP contribution in [0.4, 0.5) is 0 Å². The van der Waals surface area contributed by atoms with Crippen LogP contribution in [0.5, 0.6) is 0 Å². The second kappa shape index (κ2) is 5.09. The molecule has 0 radical (unpaired) electrons. The van der Waals surface area contributed by atoms with Gasteiger partial charge in [-0.3, -0.25) is 9.36 Å². The Hall–Kier alpha value is -1.91. The van der Waals surface area contributed by atoms with Gasteiger partial charge in [0.15, 0.2) is 0 Å². The summed E-state index contributed by atoms with van der Waals surface area (Å²) in [4.78, 5) is 26.8. The third-order valence-corrected chi connectivity index (χ3v) is 1.72. The van der Waals surface area contributed by atoms with E-state index in [1.54, 1.807) is 13.0 Å². The molecular weight excluding hydrogens is 196 g/mol. The fourth-order valence-electron chi connectivity index (χ4n) is 1.07. The van der Waals surface area contributed by atoms with Crippen molar-refractivity contribution >= 4 is 5.97 Å². The summed E-state index contributed by atoms with van der Waals surface area (Å²) in [5.41, 5.74) is -0.468. The van der Waals surface area contributed by atoms with Crippen LogP contribution in [-0.4, -0.2) is 22.1 Å². The van der Waals surface area contributed by atoms with Crippen molar-refractivity contribution in [2.24, 2.45) is 0 Å². The molecule has 0 spiro atoms. The van der Waals surface area contributed by atoms with Gasteiger partial charge in [-0.1, -0.05) is 6.08 Å². The molecule has 0 saturated carbocycles. The topological polar surface area (TPSA) is 61.2 Å². The molecule has 0 atom stereocenters. The number of hydrogen-bond acceptors (Lipinski definition) is 4. The maximum Gasteiger partial charge on any atom is 0.345 e. The smallest absolute Gasteiger partial charge is 0.345 e. The van der Waals surface area contributed by atoms with Crippen molar-refractivity contribution < 1.29 is 9.53 Å². The molecule has 0 aliphatic carbocycles. The van der Waals surface area contributed by atoms with E-state index in [0.717, 1.165) is 0 Å². The second-order valence-corrected chi connectivity index (χ2v) is 2.77. The molecule has 0 saturated heterocycles. The largest absolute Gasteiger partial charge is 0.462 e. The number of aromatic nitrogens is 2. The van der Waals surface area contributed by atoms with Crippen LogP contribution in [-0.2, 0) is 11.3 Å². The van der Waals surface area contributed by atoms with Gasteiger partial charge in [0.2, 0.25) is 0 Å². The van der Waals surface area contributed by atoms with E-state index >= 15 is 0 Å². The predicted molar refractivity (Wildman–Crippen MR) is 54.7 cm³/mol. The molecule has 1 heterocycles. The number of hydrogen-bond donors (Lipinski definition) is 0. The Labute approximate surface area is 87.0 Å². The summed E-state index contributed by atoms with van der Waals surface area (Å²) in [5, 5.41) is 0. The van der Waals surface area contributed by atoms with Crippen molar-refractivity contribution in [2.75, 3.05) is 6.61 Å². The number of nitrogens with zero attached hydrogens (tertiary/aromatic N) is 2. The molecule has 0 amide bonds. The molecule has 5 nitrogen and oxygen atoms in total. The number of ether oxygens (including phenoxy) is 1. The second-order valence-electron chi connectivity index (χ2n) is 2.77. The molecule has 1 aromatic rings. The molecule has 80 valence electrons. The van der Waals surface area contributed by atoms with E-state index in [0.29, 0.717) is 6.54 Å². The predicted octanol–water partition coefficient (Wildman–Crippen LogP) is 0.606. The van der Waals surface area contributed by atoms with Gasteiger partial charge < -0.3 is 4.74 Å². The average molecular weight is 208 g/mol. The first kappa shape index (κ1) is 11.2. The highest BCUT2D eigenvalue weighted by molar-refractivity contribution is 5.88. The number of carbonyl (C=O) groups excluding carboxylic acids is 1. The van der Waals surface area contributed by atoms with Crippen molar-refractivity contribution in [3.63, 3.8) is 0 Å². The quantitative estimate of drug-likeness (QED) is 0.537. The summed E-state index contributed by atoms with van der Waals surface area (Å²) >= 11 is 0. The van der Waals surface area contributed by atoms with E-state index in [1.807, 2.05) is 0 Å². The Morgan fingerprint density at radius 3 is 3.07 bits per heavy atom. The van der Waals surface area contributed by atoms with Gasteiger partial charge in [0, 0.05) is 12.7 Å². The fourth-order valence-corrected chi connectivity index (χ4v) is 1.07. The summed E-state index contributed by atoms with van der Waals surface area (Å²) in [6, 6.07) is 0. The Kier molecular flexibility index (Phi) is 3.79. The van der Waals surface area contributed by atoms with Crippen LogP contribution in [0.2, 0.25) is 0 Å². The van der Waals surface area contributed by atoms with Crippen LogP contribution >= 0.6 is 0 Å². The summed E-state index contributed by atoms with van der Waals surface area (Å²) in [6.45, 7) is 5.73. The first-order valence-corrected chi connectivity index (χ1v) is 4.53. The highest BCUT2D eigenvalue weighted by atomic mass is 16.5. The van der Waals surface area contributed by atoms with Crippen molar-refractivity contribution in [3.05, 3.63) is 41.1 Å². The van der Waals surface area contributed by atoms with Gasteiger partial charge in [0.05, 0.1) is 12.9 Å². The van der Waals surface area contributed by atoms with Crippen LogP contribution in [0.1, 0.15) is 17.3 Å². The normalized spacial score (nSPS) is 9.67. The zero-order valence-corrected chi connectivity index (χ0v) is 8.47. The number of carbonyl (C=O) groups is 1. The lowest BCUT2D eigenvalue weighted by atomic mass is 10.3. The van der Waals surface area contributed by atoms with E-state index in [4.69, 9.17) is 4.74 Å². The standard InChI is InChI=1S/C10H12N2O3/c1-3-5-12-7-11-6-8(9(12)13)10(14)15-4-2/h3,6-7H,1,4-5H2,2H3. The first-order valence-electron chi connectivity index (χ1n) is 4.53. The molecular formula is C10H12N2O3. The maximum atomic E-state index is 11.6. The summed E-state index contributed by atoms with van der Waals surface area (Å²) < 4.78 is 6.01. The number of rotatable bonds is 4. The maximum absolute atomic E-state index is 11.6. The summed E-state index contributed by atoms with van der Waals surface area (Å²) in [5.74, 6) is -0.645. The molecule has 0 aromatic carbocycles. The average Bonchev–Trinajstić information content (AvgIpc) is 2.22. The van der Waals surface area contributed by atoms with Crippen LogP contribution in [0.3, 0.4) is 0 Å². The van der Waals surface area contributed by atoms with Gasteiger partial charge in [0.25, 0.3) is 5.56 Å². The van der Waals surface area contributed by atoms with Crippen LogP contribution in [0.15, 0.2) is 30.0 Å². The van der Waals surface area contributed by atoms with Crippen LogP contribution < -0.4 is 5.56 Å². The fraction of sp³-hybridized carbons (Fsp3) is 0.300. The Morgan fingerprint density at radius 2 is 2.47 bits per heavy atom. The van der Waals surface area contributed by atoms with Crippen molar-refractivity contribution in [3.8, 4) is 0 Å². The summed E-state index contributed by atoms with van der Waals surface area (Å²) in [6.07, 6.45) is 4.12. The molecule has 0 aliphatic heterocycles. The molecule has 0 bridgehead atoms. The minimum Gasteiger partial charge on any atom is -0.462 e. The molecule has 1 aromatic heterocycles. The lowest BCUT2D eigenvalue weighted by molar-refractivity contribution is 0.0523. The van der Waals surface area contributed by atoms with Gasteiger partial charge in [-0.05, 0) is 6.92 Å². The molecule has 0 N–H and O–H groups in total. The number of allylic oxidation sites excluding steroid dienone is 1. The SMILES string of the molecule is C=CCn1cncc(C(=O)OCC)c1=O. The number of esters is 1. The minimum atomic E-state index is -0.645. The lowest BCUT2D eigenvalue weighted by Crippen LogP contribution is -2.27. The molecule has 0 aliphatic rings. The van der Waals surface area contributed by atoms with E-state index in [-0.39, 0.29) is 12.2 Å². The molecule has 0 fully saturated rings. The van der Waals surface area contributed by atoms with Crippen molar-refractivity contribution in [1.29, 1.82) is 0 Å². The van der Waals surface area contributed by atoms with E-state index in [2.05, 4.69) is 11.6 Å². The Morgan fingerprint density at radius 1 is 1.73 bits per heavy atom. The van der Waals surface area contributed by atoms with Gasteiger partial charge in [-0.2, -0.15) is 0 Å². The third kappa shape index (κ3) is 2.52. The Bertz CT molecular complexity index is 423. The minimum absolute atomic E-state index is 0.0544. The summed E-state index contributed by atoms with van der Waals surface area (Å²) in [7, 11) is 0. The highest BCUT2D eigenvalue weighted by Crippen LogP contribution is 1.93. The van der Waals surface area contributed by atoms with Gasteiger partial charge in [0.1, 0.15) is 5.56 Å². The first-order chi connectivity index (χ1) is 7.20.